The molecule has 0 spiro atoms. The maximum Gasteiger partial charge on any atom is 0.317 e. The Morgan fingerprint density at radius 2 is 2.00 bits per heavy atom. The number of aliphatic hydroxyl groups is 1. The number of nitrogens with one attached hydrogen (secondary N) is 1. The predicted octanol–water partition coefficient (Wildman–Crippen LogP) is 2.39. The molecule has 0 radical (unpaired) electrons. The summed E-state index contributed by atoms with van der Waals surface area (Å²) in [5, 5.41) is 12.1. The molecule has 118 valence electrons. The third kappa shape index (κ3) is 6.49. The van der Waals surface area contributed by atoms with Crippen molar-refractivity contribution in [3.8, 4) is 5.75 Å². The second-order valence-electron chi connectivity index (χ2n) is 6.21. The lowest BCUT2D eigenvalue weighted by molar-refractivity contribution is 0.129. The van der Waals surface area contributed by atoms with E-state index in [-0.39, 0.29) is 11.6 Å². The Bertz CT molecular complexity index is 467. The molecule has 1 aromatic carbocycles. The van der Waals surface area contributed by atoms with Crippen molar-refractivity contribution >= 4 is 6.03 Å². The van der Waals surface area contributed by atoms with Crippen LogP contribution in [0.15, 0.2) is 24.3 Å². The fourth-order valence-electron chi connectivity index (χ4n) is 1.86. The Kier molecular flexibility index (Phi) is 6.03. The zero-order valence-electron chi connectivity index (χ0n) is 13.5. The molecule has 1 aromatic rings. The number of hydrogen-bond donors (Lipinski definition) is 2. The molecule has 0 aliphatic rings. The van der Waals surface area contributed by atoms with Gasteiger partial charge in [-0.2, -0.15) is 0 Å². The third-order valence-corrected chi connectivity index (χ3v) is 2.70. The quantitative estimate of drug-likeness (QED) is 0.876. The van der Waals surface area contributed by atoms with E-state index < -0.39 is 6.10 Å². The van der Waals surface area contributed by atoms with E-state index in [0.29, 0.717) is 13.1 Å². The van der Waals surface area contributed by atoms with Crippen molar-refractivity contribution in [2.24, 2.45) is 0 Å². The summed E-state index contributed by atoms with van der Waals surface area (Å²) in [6.07, 6.45) is -0.544. The van der Waals surface area contributed by atoms with Crippen molar-refractivity contribution in [1.29, 1.82) is 0 Å². The number of ether oxygens (including phenoxy) is 1. The van der Waals surface area contributed by atoms with E-state index in [4.69, 9.17) is 4.74 Å². The topological polar surface area (TPSA) is 61.8 Å². The third-order valence-electron chi connectivity index (χ3n) is 2.70. The van der Waals surface area contributed by atoms with Gasteiger partial charge in [0.2, 0.25) is 0 Å². The molecular formula is C16H26N2O3. The van der Waals surface area contributed by atoms with Crippen LogP contribution in [0.5, 0.6) is 5.75 Å². The Morgan fingerprint density at radius 1 is 1.38 bits per heavy atom. The van der Waals surface area contributed by atoms with Crippen LogP contribution in [0, 0.1) is 0 Å². The molecule has 0 fully saturated rings. The van der Waals surface area contributed by atoms with Gasteiger partial charge in [-0.05, 0) is 33.8 Å². The molecule has 2 amide bonds. The molecule has 0 heterocycles. The fraction of sp³-hybridized carbons (Fsp3) is 0.562. The minimum atomic E-state index is -0.544. The lowest BCUT2D eigenvalue weighted by atomic mass is 10.1. The summed E-state index contributed by atoms with van der Waals surface area (Å²) in [5.41, 5.74) is 0.634. The molecule has 0 aliphatic heterocycles. The van der Waals surface area contributed by atoms with Crippen molar-refractivity contribution in [3.05, 3.63) is 29.8 Å². The van der Waals surface area contributed by atoms with Gasteiger partial charge in [0.1, 0.15) is 11.4 Å². The predicted molar refractivity (Wildman–Crippen MR) is 83.4 cm³/mol. The molecule has 0 aromatic heterocycles. The first-order valence-electron chi connectivity index (χ1n) is 7.13. The van der Waals surface area contributed by atoms with Crippen LogP contribution in [0.1, 0.15) is 33.3 Å². The van der Waals surface area contributed by atoms with E-state index >= 15 is 0 Å². The molecule has 0 aliphatic carbocycles. The van der Waals surface area contributed by atoms with E-state index in [9.17, 15) is 9.90 Å². The van der Waals surface area contributed by atoms with Gasteiger partial charge in [-0.3, -0.25) is 0 Å². The Balaban J connectivity index is 2.65. The van der Waals surface area contributed by atoms with Crippen LogP contribution in [0.2, 0.25) is 0 Å². The highest BCUT2D eigenvalue weighted by molar-refractivity contribution is 5.73. The Labute approximate surface area is 126 Å². The SMILES string of the molecule is CC(O)CN(C)C(=O)NCc1ccccc1OC(C)(C)C. The lowest BCUT2D eigenvalue weighted by Crippen LogP contribution is -2.40. The summed E-state index contributed by atoms with van der Waals surface area (Å²) in [5.74, 6) is 0.767. The number of aliphatic hydroxyl groups excluding tert-OH is 1. The number of para-hydroxylation sites is 1. The van der Waals surface area contributed by atoms with Crippen molar-refractivity contribution in [2.75, 3.05) is 13.6 Å². The maximum atomic E-state index is 11.9. The summed E-state index contributed by atoms with van der Waals surface area (Å²) >= 11 is 0. The molecule has 21 heavy (non-hydrogen) atoms. The van der Waals surface area contributed by atoms with Crippen LogP contribution in [-0.2, 0) is 6.54 Å². The van der Waals surface area contributed by atoms with Gasteiger partial charge in [0.25, 0.3) is 0 Å². The number of hydrogen-bond acceptors (Lipinski definition) is 3. The van der Waals surface area contributed by atoms with Crippen molar-refractivity contribution in [3.63, 3.8) is 0 Å². The molecule has 1 unspecified atom stereocenters. The molecular weight excluding hydrogens is 268 g/mol. The van der Waals surface area contributed by atoms with E-state index in [1.807, 2.05) is 45.0 Å². The number of likely N-dealkylation sites (N-methyl/N-ethyl adjacent to an activating group) is 1. The number of nitrogens with zero attached hydrogens (tertiary/aromatic N) is 1. The second kappa shape index (κ2) is 7.31. The summed E-state index contributed by atoms with van der Waals surface area (Å²) in [4.78, 5) is 13.4. The highest BCUT2D eigenvalue weighted by atomic mass is 16.5. The first kappa shape index (κ1) is 17.3. The van der Waals surface area contributed by atoms with Gasteiger partial charge >= 0.3 is 6.03 Å². The summed E-state index contributed by atoms with van der Waals surface area (Å²) < 4.78 is 5.89. The van der Waals surface area contributed by atoms with Crippen LogP contribution in [-0.4, -0.2) is 41.3 Å². The average molecular weight is 294 g/mol. The van der Waals surface area contributed by atoms with Crippen LogP contribution in [0.3, 0.4) is 0 Å². The van der Waals surface area contributed by atoms with Crippen LogP contribution in [0.4, 0.5) is 4.79 Å². The highest BCUT2D eigenvalue weighted by Gasteiger charge is 2.15. The smallest absolute Gasteiger partial charge is 0.317 e. The molecule has 1 atom stereocenters. The number of amides is 2. The number of urea groups is 1. The first-order chi connectivity index (χ1) is 9.69. The van der Waals surface area contributed by atoms with Crippen LogP contribution < -0.4 is 10.1 Å². The van der Waals surface area contributed by atoms with E-state index in [1.54, 1.807) is 14.0 Å². The van der Waals surface area contributed by atoms with E-state index in [1.165, 1.54) is 4.90 Å². The van der Waals surface area contributed by atoms with Gasteiger partial charge in [0.05, 0.1) is 6.10 Å². The van der Waals surface area contributed by atoms with Gasteiger partial charge < -0.3 is 20.1 Å². The van der Waals surface area contributed by atoms with Gasteiger partial charge in [-0.25, -0.2) is 4.79 Å². The Hall–Kier alpha value is -1.75. The average Bonchev–Trinajstić information content (AvgIpc) is 2.34. The minimum absolute atomic E-state index is 0.221. The zero-order valence-corrected chi connectivity index (χ0v) is 13.5. The zero-order chi connectivity index (χ0) is 16.0. The molecule has 0 saturated carbocycles. The minimum Gasteiger partial charge on any atom is -0.488 e. The first-order valence-corrected chi connectivity index (χ1v) is 7.13. The van der Waals surface area contributed by atoms with Crippen molar-refractivity contribution < 1.29 is 14.6 Å². The van der Waals surface area contributed by atoms with Crippen LogP contribution in [0.25, 0.3) is 0 Å². The van der Waals surface area contributed by atoms with Crippen molar-refractivity contribution in [2.45, 2.75) is 45.9 Å². The monoisotopic (exact) mass is 294 g/mol. The Morgan fingerprint density at radius 3 is 2.57 bits per heavy atom. The largest absolute Gasteiger partial charge is 0.488 e. The van der Waals surface area contributed by atoms with Crippen LogP contribution >= 0.6 is 0 Å². The number of benzene rings is 1. The van der Waals surface area contributed by atoms with Gasteiger partial charge in [-0.15, -0.1) is 0 Å². The number of carbonyl (C=O) groups excluding carboxylic acids is 1. The number of carbonyl (C=O) groups is 1. The summed E-state index contributed by atoms with van der Waals surface area (Å²) in [6, 6.07) is 7.42. The highest BCUT2D eigenvalue weighted by Crippen LogP contribution is 2.22. The fourth-order valence-corrected chi connectivity index (χ4v) is 1.86. The lowest BCUT2D eigenvalue weighted by Gasteiger charge is -2.24. The summed E-state index contributed by atoms with van der Waals surface area (Å²) in [6.45, 7) is 8.29. The number of rotatable bonds is 5. The molecule has 2 N–H and O–H groups in total. The standard InChI is InChI=1S/C16H26N2O3/c1-12(19)11-18(5)15(20)17-10-13-8-6-7-9-14(13)21-16(2,3)4/h6-9,12,19H,10-11H2,1-5H3,(H,17,20). The second-order valence-corrected chi connectivity index (χ2v) is 6.21. The van der Waals surface area contributed by atoms with Gasteiger partial charge in [0, 0.05) is 25.7 Å². The van der Waals surface area contributed by atoms with E-state index in [2.05, 4.69) is 5.32 Å². The molecule has 0 bridgehead atoms. The van der Waals surface area contributed by atoms with E-state index in [0.717, 1.165) is 11.3 Å². The summed E-state index contributed by atoms with van der Waals surface area (Å²) in [7, 11) is 1.65. The van der Waals surface area contributed by atoms with Gasteiger partial charge in [0.15, 0.2) is 0 Å². The van der Waals surface area contributed by atoms with Crippen molar-refractivity contribution in [1.82, 2.24) is 10.2 Å². The molecule has 5 heteroatoms. The maximum absolute atomic E-state index is 11.9. The normalized spacial score (nSPS) is 12.7. The van der Waals surface area contributed by atoms with Gasteiger partial charge in [-0.1, -0.05) is 18.2 Å². The molecule has 5 nitrogen and oxygen atoms in total. The molecule has 1 rings (SSSR count). The molecule has 0 saturated heterocycles.